The minimum Gasteiger partial charge on any atom is -0.443 e. The third-order valence-electron chi connectivity index (χ3n) is 3.28. The van der Waals surface area contributed by atoms with Crippen molar-refractivity contribution in [1.82, 2.24) is 10.3 Å². The van der Waals surface area contributed by atoms with Gasteiger partial charge in [-0.05, 0) is 19.6 Å². The molecule has 0 radical (unpaired) electrons. The molecule has 1 amide bonds. The fraction of sp³-hybridized carbons (Fsp3) is 0.375. The van der Waals surface area contributed by atoms with Crippen LogP contribution in [0.5, 0.6) is 0 Å². The van der Waals surface area contributed by atoms with Crippen molar-refractivity contribution in [3.8, 4) is 11.3 Å². The quantitative estimate of drug-likeness (QED) is 0.820. The van der Waals surface area contributed by atoms with Crippen LogP contribution in [0, 0.1) is 6.92 Å². The van der Waals surface area contributed by atoms with E-state index < -0.39 is 0 Å². The average Bonchev–Trinajstić information content (AvgIpc) is 2.98. The number of rotatable bonds is 7. The molecule has 118 valence electrons. The Bertz CT molecular complexity index is 604. The SMILES string of the molecule is CSCC(CCO)NC(=O)c1ncoc1-c1ccc(C)cc1. The van der Waals surface area contributed by atoms with Crippen LogP contribution in [0.4, 0.5) is 0 Å². The van der Waals surface area contributed by atoms with Crippen LogP contribution in [-0.4, -0.2) is 40.7 Å². The van der Waals surface area contributed by atoms with Crippen LogP contribution in [0.1, 0.15) is 22.5 Å². The smallest absolute Gasteiger partial charge is 0.274 e. The molecule has 1 aromatic carbocycles. The molecule has 0 spiro atoms. The molecule has 1 atom stereocenters. The van der Waals surface area contributed by atoms with Crippen LogP contribution >= 0.6 is 11.8 Å². The number of nitrogens with one attached hydrogen (secondary N) is 1. The first kappa shape index (κ1) is 16.6. The Morgan fingerprint density at radius 3 is 2.77 bits per heavy atom. The van der Waals surface area contributed by atoms with Crippen molar-refractivity contribution in [2.75, 3.05) is 18.6 Å². The van der Waals surface area contributed by atoms with E-state index in [0.29, 0.717) is 12.2 Å². The zero-order valence-electron chi connectivity index (χ0n) is 12.7. The summed E-state index contributed by atoms with van der Waals surface area (Å²) in [6.07, 6.45) is 3.76. The van der Waals surface area contributed by atoms with Crippen LogP contribution in [0.2, 0.25) is 0 Å². The fourth-order valence-corrected chi connectivity index (χ4v) is 2.78. The van der Waals surface area contributed by atoms with Crippen molar-refractivity contribution in [2.24, 2.45) is 0 Å². The van der Waals surface area contributed by atoms with Crippen LogP contribution in [0.3, 0.4) is 0 Å². The van der Waals surface area contributed by atoms with E-state index in [0.717, 1.165) is 16.9 Å². The van der Waals surface area contributed by atoms with Gasteiger partial charge in [0.15, 0.2) is 17.8 Å². The highest BCUT2D eigenvalue weighted by Gasteiger charge is 2.20. The number of aromatic nitrogens is 1. The van der Waals surface area contributed by atoms with Gasteiger partial charge in [-0.15, -0.1) is 0 Å². The molecule has 0 aliphatic rings. The Labute approximate surface area is 134 Å². The van der Waals surface area contributed by atoms with Crippen LogP contribution in [-0.2, 0) is 0 Å². The molecule has 0 aliphatic heterocycles. The number of amides is 1. The Balaban J connectivity index is 2.17. The standard InChI is InChI=1S/C16H20N2O3S/c1-11-3-5-12(6-4-11)15-14(17-10-21-15)16(20)18-13(7-8-19)9-22-2/h3-6,10,13,19H,7-9H2,1-2H3,(H,18,20). The lowest BCUT2D eigenvalue weighted by Gasteiger charge is -2.16. The van der Waals surface area contributed by atoms with Gasteiger partial charge in [0.25, 0.3) is 5.91 Å². The molecule has 2 rings (SSSR count). The predicted octanol–water partition coefficient (Wildman–Crippen LogP) is 2.49. The second-order valence-electron chi connectivity index (χ2n) is 5.03. The van der Waals surface area contributed by atoms with Gasteiger partial charge in [-0.1, -0.05) is 29.8 Å². The summed E-state index contributed by atoms with van der Waals surface area (Å²) in [5.74, 6) is 0.922. The van der Waals surface area contributed by atoms with E-state index in [9.17, 15) is 4.79 Å². The molecule has 5 nitrogen and oxygen atoms in total. The van der Waals surface area contributed by atoms with Crippen molar-refractivity contribution in [1.29, 1.82) is 0 Å². The lowest BCUT2D eigenvalue weighted by molar-refractivity contribution is 0.0931. The molecular formula is C16H20N2O3S. The molecule has 0 aliphatic carbocycles. The minimum absolute atomic E-state index is 0.0368. The first-order valence-electron chi connectivity index (χ1n) is 7.07. The highest BCUT2D eigenvalue weighted by Crippen LogP contribution is 2.23. The van der Waals surface area contributed by atoms with Crippen LogP contribution < -0.4 is 5.32 Å². The summed E-state index contributed by atoms with van der Waals surface area (Å²) in [7, 11) is 0. The second kappa shape index (κ2) is 8.00. The zero-order chi connectivity index (χ0) is 15.9. The molecule has 22 heavy (non-hydrogen) atoms. The van der Waals surface area contributed by atoms with E-state index in [-0.39, 0.29) is 24.2 Å². The number of carbonyl (C=O) groups excluding carboxylic acids is 1. The lowest BCUT2D eigenvalue weighted by atomic mass is 10.1. The van der Waals surface area contributed by atoms with Crippen LogP contribution in [0.25, 0.3) is 11.3 Å². The number of aliphatic hydroxyl groups excluding tert-OH is 1. The van der Waals surface area contributed by atoms with Crippen LogP contribution in [0.15, 0.2) is 35.1 Å². The first-order valence-corrected chi connectivity index (χ1v) is 8.46. The van der Waals surface area contributed by atoms with Gasteiger partial charge in [0, 0.05) is 24.0 Å². The van der Waals surface area contributed by atoms with Gasteiger partial charge in [-0.3, -0.25) is 4.79 Å². The molecule has 6 heteroatoms. The third kappa shape index (κ3) is 4.11. The van der Waals surface area contributed by atoms with E-state index in [1.807, 2.05) is 37.4 Å². The average molecular weight is 320 g/mol. The number of thioether (sulfide) groups is 1. The largest absolute Gasteiger partial charge is 0.443 e. The maximum atomic E-state index is 12.4. The van der Waals surface area contributed by atoms with E-state index in [1.165, 1.54) is 6.39 Å². The number of hydrogen-bond acceptors (Lipinski definition) is 5. The molecule has 1 aromatic heterocycles. The summed E-state index contributed by atoms with van der Waals surface area (Å²) >= 11 is 1.62. The summed E-state index contributed by atoms with van der Waals surface area (Å²) < 4.78 is 5.39. The number of nitrogens with zero attached hydrogens (tertiary/aromatic N) is 1. The van der Waals surface area contributed by atoms with Crippen molar-refractivity contribution >= 4 is 17.7 Å². The molecule has 0 bridgehead atoms. The van der Waals surface area contributed by atoms with Gasteiger partial charge in [-0.25, -0.2) is 4.98 Å². The number of oxazole rings is 1. The minimum atomic E-state index is -0.281. The number of benzene rings is 1. The molecule has 2 N–H and O–H groups in total. The van der Waals surface area contributed by atoms with Gasteiger partial charge >= 0.3 is 0 Å². The zero-order valence-corrected chi connectivity index (χ0v) is 13.5. The molecule has 0 fully saturated rings. The molecule has 1 heterocycles. The maximum Gasteiger partial charge on any atom is 0.274 e. The number of hydrogen-bond donors (Lipinski definition) is 2. The van der Waals surface area contributed by atoms with Crippen molar-refractivity contribution in [3.63, 3.8) is 0 Å². The molecule has 0 saturated heterocycles. The predicted molar refractivity (Wildman–Crippen MR) is 88.0 cm³/mol. The number of carbonyl (C=O) groups is 1. The molecule has 2 aromatic rings. The maximum absolute atomic E-state index is 12.4. The van der Waals surface area contributed by atoms with Gasteiger partial charge in [0.2, 0.25) is 0 Å². The topological polar surface area (TPSA) is 75.4 Å². The number of aryl methyl sites for hydroxylation is 1. The Kier molecular flexibility index (Phi) is 6.03. The molecular weight excluding hydrogens is 300 g/mol. The third-order valence-corrected chi connectivity index (χ3v) is 4.01. The Morgan fingerprint density at radius 1 is 1.41 bits per heavy atom. The first-order chi connectivity index (χ1) is 10.7. The monoisotopic (exact) mass is 320 g/mol. The normalized spacial score (nSPS) is 12.1. The van der Waals surface area contributed by atoms with Crippen molar-refractivity contribution in [3.05, 3.63) is 41.9 Å². The van der Waals surface area contributed by atoms with E-state index >= 15 is 0 Å². The second-order valence-corrected chi connectivity index (χ2v) is 5.94. The highest BCUT2D eigenvalue weighted by molar-refractivity contribution is 7.98. The molecule has 1 unspecified atom stereocenters. The Morgan fingerprint density at radius 2 is 2.14 bits per heavy atom. The summed E-state index contributed by atoms with van der Waals surface area (Å²) in [5.41, 5.74) is 2.22. The Hall–Kier alpha value is -1.79. The van der Waals surface area contributed by atoms with Gasteiger partial charge in [0.1, 0.15) is 0 Å². The summed E-state index contributed by atoms with van der Waals surface area (Å²) in [6, 6.07) is 7.64. The van der Waals surface area contributed by atoms with Crippen molar-refractivity contribution in [2.45, 2.75) is 19.4 Å². The van der Waals surface area contributed by atoms with Crippen molar-refractivity contribution < 1.29 is 14.3 Å². The lowest BCUT2D eigenvalue weighted by Crippen LogP contribution is -2.37. The molecule has 0 saturated carbocycles. The van der Waals surface area contributed by atoms with Gasteiger partial charge in [0.05, 0.1) is 0 Å². The fourth-order valence-electron chi connectivity index (χ4n) is 2.13. The van der Waals surface area contributed by atoms with E-state index in [1.54, 1.807) is 11.8 Å². The van der Waals surface area contributed by atoms with Gasteiger partial charge in [-0.2, -0.15) is 11.8 Å². The summed E-state index contributed by atoms with van der Waals surface area (Å²) in [6.45, 7) is 2.04. The van der Waals surface area contributed by atoms with E-state index in [2.05, 4.69) is 10.3 Å². The summed E-state index contributed by atoms with van der Waals surface area (Å²) in [5, 5.41) is 12.0. The van der Waals surface area contributed by atoms with Gasteiger partial charge < -0.3 is 14.8 Å². The van der Waals surface area contributed by atoms with E-state index in [4.69, 9.17) is 9.52 Å². The number of aliphatic hydroxyl groups is 1. The highest BCUT2D eigenvalue weighted by atomic mass is 32.2. The summed E-state index contributed by atoms with van der Waals surface area (Å²) in [4.78, 5) is 16.4.